The smallest absolute Gasteiger partial charge is 0.188 e. The molecule has 0 radical (unpaired) electrons. The summed E-state index contributed by atoms with van der Waals surface area (Å²) in [6.07, 6.45) is 9.67. The number of hydrogen-bond acceptors (Lipinski definition) is 5. The molecule has 0 fully saturated rings. The Balaban J connectivity index is 2.00. The highest BCUT2D eigenvalue weighted by molar-refractivity contribution is 6.08. The van der Waals surface area contributed by atoms with Crippen molar-refractivity contribution in [1.29, 1.82) is 0 Å². The third kappa shape index (κ3) is 7.74. The fourth-order valence-electron chi connectivity index (χ4n) is 2.82. The number of nitrogens with zero attached hydrogens (tertiary/aromatic N) is 2. The summed E-state index contributed by atoms with van der Waals surface area (Å²) in [5, 5.41) is 0. The monoisotopic (exact) mass is 422 g/mol. The van der Waals surface area contributed by atoms with Gasteiger partial charge < -0.3 is 4.74 Å². The first-order valence-electron chi connectivity index (χ1n) is 10.1. The number of halogens is 1. The molecule has 0 N–H and O–H groups in total. The van der Waals surface area contributed by atoms with E-state index in [-0.39, 0.29) is 11.6 Å². The van der Waals surface area contributed by atoms with Crippen LogP contribution in [-0.4, -0.2) is 27.6 Å². The van der Waals surface area contributed by atoms with Crippen LogP contribution in [0.15, 0.2) is 72.8 Å². The summed E-state index contributed by atoms with van der Waals surface area (Å²) in [4.78, 5) is 32.8. The molecule has 0 aliphatic carbocycles. The number of rotatable bonds is 11. The lowest BCUT2D eigenvalue weighted by Crippen LogP contribution is -2.21. The first-order chi connectivity index (χ1) is 14.8. The maximum atomic E-state index is 13.0. The lowest BCUT2D eigenvalue weighted by molar-refractivity contribution is -0.126. The largest absolute Gasteiger partial charge is 0.483 e. The van der Waals surface area contributed by atoms with E-state index < -0.39 is 11.9 Å². The number of Topliss-reactive ketones (excluding diaryl/α,β-unsaturated/α-hetero) is 2. The van der Waals surface area contributed by atoms with Gasteiger partial charge in [-0.1, -0.05) is 12.7 Å². The maximum Gasteiger partial charge on any atom is 0.188 e. The van der Waals surface area contributed by atoms with E-state index in [0.29, 0.717) is 23.3 Å². The SMILES string of the molecule is C=C/C(=C\C=C(/C)C(=O)c1ccc(F)cc1)O[C@H](CCCc1cnc(C)nc1)C(C)=O. The number of aromatic nitrogens is 2. The molecular formula is C25H27FN2O3. The van der Waals surface area contributed by atoms with E-state index in [1.807, 2.05) is 6.92 Å². The fraction of sp³-hybridized carbons (Fsp3) is 0.280. The van der Waals surface area contributed by atoms with Gasteiger partial charge >= 0.3 is 0 Å². The number of allylic oxidation sites excluding steroid dienone is 4. The summed E-state index contributed by atoms with van der Waals surface area (Å²) in [5.41, 5.74) is 1.85. The number of ether oxygens (including phenoxy) is 1. The Bertz CT molecular complexity index is 977. The molecule has 2 rings (SSSR count). The molecule has 0 aliphatic heterocycles. The van der Waals surface area contributed by atoms with E-state index >= 15 is 0 Å². The molecule has 5 nitrogen and oxygen atoms in total. The van der Waals surface area contributed by atoms with Gasteiger partial charge in [-0.3, -0.25) is 9.59 Å². The number of hydrogen-bond donors (Lipinski definition) is 0. The third-order valence-electron chi connectivity index (χ3n) is 4.66. The van der Waals surface area contributed by atoms with Crippen LogP contribution in [0, 0.1) is 12.7 Å². The van der Waals surface area contributed by atoms with E-state index in [9.17, 15) is 14.0 Å². The molecule has 162 valence electrons. The summed E-state index contributed by atoms with van der Waals surface area (Å²) in [6.45, 7) is 8.70. The Labute approximate surface area is 182 Å². The van der Waals surface area contributed by atoms with Crippen LogP contribution in [0.3, 0.4) is 0 Å². The van der Waals surface area contributed by atoms with E-state index in [0.717, 1.165) is 24.2 Å². The second kappa shape index (κ2) is 11.7. The van der Waals surface area contributed by atoms with Crippen LogP contribution in [0.25, 0.3) is 0 Å². The highest BCUT2D eigenvalue weighted by Gasteiger charge is 2.16. The molecule has 0 saturated heterocycles. The standard InChI is InChI=1S/C25H27FN2O3/c1-5-23(14-9-17(2)25(30)21-10-12-22(26)13-11-21)31-24(18(3)29)8-6-7-20-15-27-19(4)28-16-20/h5,9-16,24H,1,6-8H2,2-4H3/b17-9+,23-14+/t24-/m1/s1. The van der Waals surface area contributed by atoms with Gasteiger partial charge in [0.25, 0.3) is 0 Å². The highest BCUT2D eigenvalue weighted by atomic mass is 19.1. The minimum atomic E-state index is -0.614. The van der Waals surface area contributed by atoms with Crippen LogP contribution in [0.2, 0.25) is 0 Å². The van der Waals surface area contributed by atoms with Gasteiger partial charge in [0.1, 0.15) is 17.4 Å². The van der Waals surface area contributed by atoms with Crippen molar-refractivity contribution >= 4 is 11.6 Å². The van der Waals surface area contributed by atoms with Crippen molar-refractivity contribution < 1.29 is 18.7 Å². The van der Waals surface area contributed by atoms with Gasteiger partial charge in [0.2, 0.25) is 0 Å². The number of benzene rings is 1. The van der Waals surface area contributed by atoms with Crippen molar-refractivity contribution in [2.24, 2.45) is 0 Å². The Kier molecular flexibility index (Phi) is 9.00. The lowest BCUT2D eigenvalue weighted by atomic mass is 10.0. The summed E-state index contributed by atoms with van der Waals surface area (Å²) in [7, 11) is 0. The van der Waals surface area contributed by atoms with E-state index in [4.69, 9.17) is 4.74 Å². The van der Waals surface area contributed by atoms with Gasteiger partial charge in [0.15, 0.2) is 17.7 Å². The molecule has 0 spiro atoms. The quantitative estimate of drug-likeness (QED) is 0.218. The molecule has 0 unspecified atom stereocenters. The summed E-state index contributed by atoms with van der Waals surface area (Å²) in [5.74, 6) is 0.408. The molecule has 1 heterocycles. The zero-order chi connectivity index (χ0) is 22.8. The minimum Gasteiger partial charge on any atom is -0.483 e. The minimum absolute atomic E-state index is 0.0870. The molecule has 31 heavy (non-hydrogen) atoms. The van der Waals surface area contributed by atoms with Crippen LogP contribution >= 0.6 is 0 Å². The lowest BCUT2D eigenvalue weighted by Gasteiger charge is -2.17. The second-order valence-corrected chi connectivity index (χ2v) is 7.21. The fourth-order valence-corrected chi connectivity index (χ4v) is 2.82. The van der Waals surface area contributed by atoms with Crippen molar-refractivity contribution in [2.75, 3.05) is 0 Å². The molecule has 6 heteroatoms. The Morgan fingerprint density at radius 3 is 2.35 bits per heavy atom. The molecule has 2 aromatic rings. The summed E-state index contributed by atoms with van der Waals surface area (Å²) in [6, 6.07) is 5.37. The van der Waals surface area contributed by atoms with Crippen LogP contribution in [0.5, 0.6) is 0 Å². The highest BCUT2D eigenvalue weighted by Crippen LogP contribution is 2.15. The second-order valence-electron chi connectivity index (χ2n) is 7.21. The maximum absolute atomic E-state index is 13.0. The zero-order valence-electron chi connectivity index (χ0n) is 18.1. The Morgan fingerprint density at radius 2 is 1.77 bits per heavy atom. The molecule has 0 saturated carbocycles. The number of ketones is 2. The third-order valence-corrected chi connectivity index (χ3v) is 4.66. The molecule has 0 bridgehead atoms. The summed E-state index contributed by atoms with van der Waals surface area (Å²) >= 11 is 0. The first-order valence-corrected chi connectivity index (χ1v) is 10.1. The van der Waals surface area contributed by atoms with E-state index in [1.54, 1.807) is 31.5 Å². The van der Waals surface area contributed by atoms with E-state index in [1.165, 1.54) is 37.3 Å². The topological polar surface area (TPSA) is 69.2 Å². The van der Waals surface area contributed by atoms with Gasteiger partial charge in [-0.05, 0) is 87.6 Å². The molecule has 1 aromatic heterocycles. The average molecular weight is 423 g/mol. The van der Waals surface area contributed by atoms with Crippen molar-refractivity contribution in [1.82, 2.24) is 9.97 Å². The van der Waals surface area contributed by atoms with Crippen LogP contribution in [-0.2, 0) is 16.0 Å². The first kappa shape index (κ1) is 23.9. The predicted molar refractivity (Wildman–Crippen MR) is 118 cm³/mol. The molecular weight excluding hydrogens is 395 g/mol. The number of carbonyl (C=O) groups is 2. The number of carbonyl (C=O) groups excluding carboxylic acids is 2. The van der Waals surface area contributed by atoms with Crippen molar-refractivity contribution in [3.05, 3.63) is 95.6 Å². The Morgan fingerprint density at radius 1 is 1.13 bits per heavy atom. The van der Waals surface area contributed by atoms with Gasteiger partial charge in [-0.25, -0.2) is 14.4 Å². The Hall–Kier alpha value is -3.41. The molecule has 0 aliphatic rings. The van der Waals surface area contributed by atoms with Crippen LogP contribution in [0.4, 0.5) is 4.39 Å². The number of aryl methyl sites for hydroxylation is 2. The van der Waals surface area contributed by atoms with E-state index in [2.05, 4.69) is 16.5 Å². The van der Waals surface area contributed by atoms with Gasteiger partial charge in [-0.15, -0.1) is 0 Å². The molecule has 1 aromatic carbocycles. The van der Waals surface area contributed by atoms with Crippen LogP contribution < -0.4 is 0 Å². The molecule has 1 atom stereocenters. The molecule has 0 amide bonds. The summed E-state index contributed by atoms with van der Waals surface area (Å²) < 4.78 is 18.9. The average Bonchev–Trinajstić information content (AvgIpc) is 2.76. The van der Waals surface area contributed by atoms with Gasteiger partial charge in [-0.2, -0.15) is 0 Å². The van der Waals surface area contributed by atoms with Gasteiger partial charge in [0, 0.05) is 18.0 Å². The van der Waals surface area contributed by atoms with Crippen molar-refractivity contribution in [3.63, 3.8) is 0 Å². The normalized spacial score (nSPS) is 12.9. The van der Waals surface area contributed by atoms with Crippen molar-refractivity contribution in [2.45, 2.75) is 46.1 Å². The zero-order valence-corrected chi connectivity index (χ0v) is 18.1. The predicted octanol–water partition coefficient (Wildman–Crippen LogP) is 5.12. The van der Waals surface area contributed by atoms with Crippen LogP contribution in [0.1, 0.15) is 48.4 Å². The van der Waals surface area contributed by atoms with Crippen molar-refractivity contribution in [3.8, 4) is 0 Å². The van der Waals surface area contributed by atoms with Gasteiger partial charge in [0.05, 0.1) is 0 Å².